The third-order valence-electron chi connectivity index (χ3n) is 4.39. The molecule has 2 rings (SSSR count). The summed E-state index contributed by atoms with van der Waals surface area (Å²) in [6.07, 6.45) is 4.13. The van der Waals surface area contributed by atoms with Crippen LogP contribution in [0.4, 0.5) is 0 Å². The first kappa shape index (κ1) is 16.2. The van der Waals surface area contributed by atoms with Gasteiger partial charge in [-0.25, -0.2) is 0 Å². The van der Waals surface area contributed by atoms with Crippen molar-refractivity contribution in [2.24, 2.45) is 0 Å². The zero-order valence-electron chi connectivity index (χ0n) is 12.7. The normalized spacial score (nSPS) is 25.9. The molecule has 0 saturated carbocycles. The third kappa shape index (κ3) is 3.71. The predicted molar refractivity (Wildman–Crippen MR) is 80.9 cm³/mol. The highest BCUT2D eigenvalue weighted by Crippen LogP contribution is 2.23. The lowest BCUT2D eigenvalue weighted by Gasteiger charge is -2.29. The number of fused-ring (bicyclic) bond motifs is 1. The summed E-state index contributed by atoms with van der Waals surface area (Å²) in [6, 6.07) is 0.429. The SMILES string of the molecule is CNCCCN(C)S(=O)(=O)N1CCCN2CCCC2C1. The molecule has 1 unspecified atom stereocenters. The molecule has 0 spiro atoms. The van der Waals surface area contributed by atoms with Crippen molar-refractivity contribution in [2.45, 2.75) is 31.7 Å². The van der Waals surface area contributed by atoms with Crippen LogP contribution in [0.5, 0.6) is 0 Å². The second-order valence-corrected chi connectivity index (χ2v) is 7.87. The lowest BCUT2D eigenvalue weighted by atomic mass is 10.2. The minimum atomic E-state index is -3.29. The molecule has 2 aliphatic rings. The van der Waals surface area contributed by atoms with Gasteiger partial charge in [0.1, 0.15) is 0 Å². The number of rotatable bonds is 6. The van der Waals surface area contributed by atoms with E-state index in [0.29, 0.717) is 25.7 Å². The third-order valence-corrected chi connectivity index (χ3v) is 6.34. The molecular formula is C13H28N4O2S. The maximum atomic E-state index is 12.6. The molecular weight excluding hydrogens is 276 g/mol. The van der Waals surface area contributed by atoms with Crippen LogP contribution in [0, 0.1) is 0 Å². The van der Waals surface area contributed by atoms with E-state index in [2.05, 4.69) is 10.2 Å². The molecule has 0 aliphatic carbocycles. The van der Waals surface area contributed by atoms with Crippen LogP contribution in [0.3, 0.4) is 0 Å². The Morgan fingerprint density at radius 2 is 2.00 bits per heavy atom. The van der Waals surface area contributed by atoms with Crippen LogP contribution in [0.15, 0.2) is 0 Å². The summed E-state index contributed by atoms with van der Waals surface area (Å²) in [6.45, 7) is 4.92. The van der Waals surface area contributed by atoms with Crippen LogP contribution >= 0.6 is 0 Å². The topological polar surface area (TPSA) is 55.9 Å². The van der Waals surface area contributed by atoms with E-state index in [-0.39, 0.29) is 0 Å². The maximum absolute atomic E-state index is 12.6. The van der Waals surface area contributed by atoms with Gasteiger partial charge >= 0.3 is 0 Å². The highest BCUT2D eigenvalue weighted by Gasteiger charge is 2.35. The van der Waals surface area contributed by atoms with Crippen molar-refractivity contribution in [2.75, 3.05) is 53.4 Å². The van der Waals surface area contributed by atoms with Crippen molar-refractivity contribution in [3.8, 4) is 0 Å². The van der Waals surface area contributed by atoms with Gasteiger partial charge in [0.25, 0.3) is 10.2 Å². The Morgan fingerprint density at radius 1 is 1.25 bits per heavy atom. The van der Waals surface area contributed by atoms with Crippen LogP contribution in [-0.2, 0) is 10.2 Å². The first-order chi connectivity index (χ1) is 9.55. The van der Waals surface area contributed by atoms with Crippen LogP contribution in [-0.4, -0.2) is 81.3 Å². The fraction of sp³-hybridized carbons (Fsp3) is 1.00. The number of nitrogens with zero attached hydrogens (tertiary/aromatic N) is 3. The van der Waals surface area contributed by atoms with Gasteiger partial charge in [0.05, 0.1) is 0 Å². The molecule has 0 bridgehead atoms. The monoisotopic (exact) mass is 304 g/mol. The molecule has 20 heavy (non-hydrogen) atoms. The fourth-order valence-corrected chi connectivity index (χ4v) is 4.65. The Labute approximate surface area is 123 Å². The Hall–Kier alpha value is -0.210. The second kappa shape index (κ2) is 7.17. The van der Waals surface area contributed by atoms with E-state index in [1.807, 2.05) is 7.05 Å². The lowest BCUT2D eigenvalue weighted by Crippen LogP contribution is -2.46. The standard InChI is InChI=1S/C13H28N4O2S/c1-14-7-4-8-15(2)20(18,19)17-11-5-10-16-9-3-6-13(16)12-17/h13-14H,3-12H2,1-2H3. The van der Waals surface area contributed by atoms with Crippen molar-refractivity contribution >= 4 is 10.2 Å². The van der Waals surface area contributed by atoms with E-state index in [1.54, 1.807) is 11.4 Å². The van der Waals surface area contributed by atoms with E-state index in [1.165, 1.54) is 10.7 Å². The molecule has 2 heterocycles. The number of hydrogen-bond donors (Lipinski definition) is 1. The first-order valence-electron chi connectivity index (χ1n) is 7.66. The predicted octanol–water partition coefficient (Wildman–Crippen LogP) is -0.0574. The van der Waals surface area contributed by atoms with E-state index < -0.39 is 10.2 Å². The van der Waals surface area contributed by atoms with E-state index in [0.717, 1.165) is 38.9 Å². The van der Waals surface area contributed by atoms with Gasteiger partial charge in [0, 0.05) is 32.7 Å². The minimum absolute atomic E-state index is 0.429. The average molecular weight is 304 g/mol. The van der Waals surface area contributed by atoms with Gasteiger partial charge in [-0.1, -0.05) is 0 Å². The Kier molecular flexibility index (Phi) is 5.80. The molecule has 6 nitrogen and oxygen atoms in total. The minimum Gasteiger partial charge on any atom is -0.320 e. The lowest BCUT2D eigenvalue weighted by molar-refractivity contribution is 0.254. The number of nitrogens with one attached hydrogen (secondary N) is 1. The molecule has 2 fully saturated rings. The summed E-state index contributed by atoms with van der Waals surface area (Å²) in [5.74, 6) is 0. The second-order valence-electron chi connectivity index (χ2n) is 5.83. The van der Waals surface area contributed by atoms with Gasteiger partial charge in [-0.2, -0.15) is 17.0 Å². The molecule has 118 valence electrons. The molecule has 2 saturated heterocycles. The molecule has 1 N–H and O–H groups in total. The fourth-order valence-electron chi connectivity index (χ4n) is 3.17. The van der Waals surface area contributed by atoms with Gasteiger partial charge in [-0.15, -0.1) is 0 Å². The molecule has 7 heteroatoms. The Balaban J connectivity index is 1.96. The van der Waals surface area contributed by atoms with Gasteiger partial charge < -0.3 is 5.32 Å². The summed E-state index contributed by atoms with van der Waals surface area (Å²) >= 11 is 0. The van der Waals surface area contributed by atoms with Gasteiger partial charge in [0.15, 0.2) is 0 Å². The molecule has 1 atom stereocenters. The highest BCUT2D eigenvalue weighted by molar-refractivity contribution is 7.86. The first-order valence-corrected chi connectivity index (χ1v) is 9.05. The summed E-state index contributed by atoms with van der Waals surface area (Å²) in [7, 11) is 0.291. The molecule has 0 aromatic heterocycles. The average Bonchev–Trinajstić information content (AvgIpc) is 2.75. The van der Waals surface area contributed by atoms with Gasteiger partial charge in [-0.3, -0.25) is 4.90 Å². The van der Waals surface area contributed by atoms with Crippen molar-refractivity contribution < 1.29 is 8.42 Å². The van der Waals surface area contributed by atoms with Crippen molar-refractivity contribution in [1.29, 1.82) is 0 Å². The van der Waals surface area contributed by atoms with E-state index in [9.17, 15) is 8.42 Å². The summed E-state index contributed by atoms with van der Waals surface area (Å²) < 4.78 is 28.5. The van der Waals surface area contributed by atoms with Crippen molar-refractivity contribution in [3.05, 3.63) is 0 Å². The molecule has 0 radical (unpaired) electrons. The van der Waals surface area contributed by atoms with Gasteiger partial charge in [0.2, 0.25) is 0 Å². The van der Waals surface area contributed by atoms with Gasteiger partial charge in [-0.05, 0) is 52.4 Å². The largest absolute Gasteiger partial charge is 0.320 e. The van der Waals surface area contributed by atoms with Crippen molar-refractivity contribution in [1.82, 2.24) is 18.8 Å². The zero-order valence-corrected chi connectivity index (χ0v) is 13.5. The molecule has 0 aromatic carbocycles. The Morgan fingerprint density at radius 3 is 2.75 bits per heavy atom. The van der Waals surface area contributed by atoms with Crippen LogP contribution in [0.25, 0.3) is 0 Å². The quantitative estimate of drug-likeness (QED) is 0.699. The molecule has 0 aromatic rings. The zero-order chi connectivity index (χ0) is 14.6. The van der Waals surface area contributed by atoms with Crippen LogP contribution in [0.2, 0.25) is 0 Å². The summed E-state index contributed by atoms with van der Waals surface area (Å²) in [5, 5.41) is 3.05. The number of hydrogen-bond acceptors (Lipinski definition) is 4. The summed E-state index contributed by atoms with van der Waals surface area (Å²) in [5.41, 5.74) is 0. The summed E-state index contributed by atoms with van der Waals surface area (Å²) in [4.78, 5) is 2.45. The van der Waals surface area contributed by atoms with Crippen LogP contribution < -0.4 is 5.32 Å². The maximum Gasteiger partial charge on any atom is 0.281 e. The van der Waals surface area contributed by atoms with Crippen molar-refractivity contribution in [3.63, 3.8) is 0 Å². The molecule has 2 aliphatic heterocycles. The Bertz CT molecular complexity index is 401. The van der Waals surface area contributed by atoms with E-state index >= 15 is 0 Å². The van der Waals surface area contributed by atoms with Crippen LogP contribution in [0.1, 0.15) is 25.7 Å². The smallest absolute Gasteiger partial charge is 0.281 e. The van der Waals surface area contributed by atoms with E-state index in [4.69, 9.17) is 0 Å². The highest BCUT2D eigenvalue weighted by atomic mass is 32.2. The molecule has 0 amide bonds.